The summed E-state index contributed by atoms with van der Waals surface area (Å²) >= 11 is 3.69. The van der Waals surface area contributed by atoms with Gasteiger partial charge in [0.1, 0.15) is 0 Å². The summed E-state index contributed by atoms with van der Waals surface area (Å²) in [5.74, 6) is 0.0187. The number of amides is 1. The first-order chi connectivity index (χ1) is 8.66. The molecule has 0 unspecified atom stereocenters. The van der Waals surface area contributed by atoms with Crippen molar-refractivity contribution in [3.63, 3.8) is 0 Å². The molecule has 0 heterocycles. The standard InChI is InChI=1S/C15H14BrNO/c1-9(18)17-15-13(16)8-11-7-6-10-4-2-3-5-12(10)14(11)15/h2-7,13,15H,8H2,1H3,(H,17,18)/t13-,15-/m1/s1. The quantitative estimate of drug-likeness (QED) is 0.804. The highest BCUT2D eigenvalue weighted by Crippen LogP contribution is 2.40. The Morgan fingerprint density at radius 2 is 2.06 bits per heavy atom. The van der Waals surface area contributed by atoms with Gasteiger partial charge in [-0.1, -0.05) is 52.3 Å². The monoisotopic (exact) mass is 303 g/mol. The lowest BCUT2D eigenvalue weighted by molar-refractivity contribution is -0.119. The van der Waals surface area contributed by atoms with E-state index in [1.165, 1.54) is 21.9 Å². The Kier molecular flexibility index (Phi) is 2.86. The number of nitrogens with one attached hydrogen (secondary N) is 1. The molecule has 0 saturated heterocycles. The summed E-state index contributed by atoms with van der Waals surface area (Å²) < 4.78 is 0. The SMILES string of the molecule is CC(=O)N[C@H]1c2c(ccc3ccccc23)C[C@H]1Br. The van der Waals surface area contributed by atoms with Crippen molar-refractivity contribution < 1.29 is 4.79 Å². The third-order valence-electron chi connectivity index (χ3n) is 3.51. The van der Waals surface area contributed by atoms with Crippen LogP contribution in [0.1, 0.15) is 24.1 Å². The number of hydrogen-bond acceptors (Lipinski definition) is 1. The minimum absolute atomic E-state index is 0.0187. The molecule has 0 spiro atoms. The van der Waals surface area contributed by atoms with Gasteiger partial charge in [0.2, 0.25) is 5.91 Å². The third-order valence-corrected chi connectivity index (χ3v) is 4.36. The Bertz CT molecular complexity index is 623. The predicted molar refractivity (Wildman–Crippen MR) is 76.9 cm³/mol. The first-order valence-electron chi connectivity index (χ1n) is 6.08. The van der Waals surface area contributed by atoms with Crippen LogP contribution in [0.3, 0.4) is 0 Å². The van der Waals surface area contributed by atoms with Crippen molar-refractivity contribution in [3.05, 3.63) is 47.5 Å². The van der Waals surface area contributed by atoms with Crippen molar-refractivity contribution in [2.24, 2.45) is 0 Å². The number of carbonyl (C=O) groups is 1. The molecular formula is C15H14BrNO. The third kappa shape index (κ3) is 1.83. The maximum absolute atomic E-state index is 11.4. The Labute approximate surface area is 115 Å². The maximum atomic E-state index is 11.4. The van der Waals surface area contributed by atoms with Crippen LogP contribution in [0, 0.1) is 0 Å². The molecule has 2 aromatic carbocycles. The van der Waals surface area contributed by atoms with Gasteiger partial charge >= 0.3 is 0 Å². The molecule has 1 N–H and O–H groups in total. The van der Waals surface area contributed by atoms with Crippen LogP contribution in [0.2, 0.25) is 0 Å². The molecule has 1 amide bonds. The highest BCUT2D eigenvalue weighted by Gasteiger charge is 2.32. The van der Waals surface area contributed by atoms with E-state index in [9.17, 15) is 4.79 Å². The molecular weight excluding hydrogens is 290 g/mol. The largest absolute Gasteiger partial charge is 0.348 e. The Hall–Kier alpha value is -1.35. The van der Waals surface area contributed by atoms with Crippen molar-refractivity contribution in [2.75, 3.05) is 0 Å². The first-order valence-corrected chi connectivity index (χ1v) is 7.00. The fraction of sp³-hybridized carbons (Fsp3) is 0.267. The van der Waals surface area contributed by atoms with Gasteiger partial charge in [0.25, 0.3) is 0 Å². The van der Waals surface area contributed by atoms with Crippen LogP contribution in [0.15, 0.2) is 36.4 Å². The molecule has 18 heavy (non-hydrogen) atoms. The molecule has 0 aliphatic heterocycles. The van der Waals surface area contributed by atoms with Gasteiger partial charge in [0.15, 0.2) is 0 Å². The first kappa shape index (κ1) is 11.7. The van der Waals surface area contributed by atoms with Crippen LogP contribution in [-0.2, 0) is 11.2 Å². The van der Waals surface area contributed by atoms with Crippen LogP contribution in [0.5, 0.6) is 0 Å². The van der Waals surface area contributed by atoms with Gasteiger partial charge in [-0.3, -0.25) is 4.79 Å². The molecule has 0 fully saturated rings. The number of halogens is 1. The van der Waals surface area contributed by atoms with E-state index in [0.29, 0.717) is 0 Å². The Balaban J connectivity index is 2.19. The minimum Gasteiger partial charge on any atom is -0.348 e. The number of rotatable bonds is 1. The minimum atomic E-state index is 0.0187. The van der Waals surface area contributed by atoms with Crippen molar-refractivity contribution >= 4 is 32.6 Å². The van der Waals surface area contributed by atoms with E-state index in [4.69, 9.17) is 0 Å². The number of benzene rings is 2. The molecule has 3 heteroatoms. The average Bonchev–Trinajstić information content (AvgIpc) is 2.66. The van der Waals surface area contributed by atoms with Gasteiger partial charge in [-0.25, -0.2) is 0 Å². The molecule has 1 aliphatic rings. The summed E-state index contributed by atoms with van der Waals surface area (Å²) in [5, 5.41) is 5.53. The zero-order valence-electron chi connectivity index (χ0n) is 10.1. The van der Waals surface area contributed by atoms with Crippen molar-refractivity contribution in [3.8, 4) is 0 Å². The molecule has 0 radical (unpaired) electrons. The topological polar surface area (TPSA) is 29.1 Å². The summed E-state index contributed by atoms with van der Waals surface area (Å²) in [6, 6.07) is 12.7. The summed E-state index contributed by atoms with van der Waals surface area (Å²) in [6.45, 7) is 1.57. The number of hydrogen-bond donors (Lipinski definition) is 1. The second-order valence-electron chi connectivity index (χ2n) is 4.76. The van der Waals surface area contributed by atoms with E-state index in [1.54, 1.807) is 6.92 Å². The molecule has 0 bridgehead atoms. The molecule has 0 saturated carbocycles. The van der Waals surface area contributed by atoms with Gasteiger partial charge in [-0.05, 0) is 28.3 Å². The highest BCUT2D eigenvalue weighted by molar-refractivity contribution is 9.09. The lowest BCUT2D eigenvalue weighted by Gasteiger charge is -2.18. The van der Waals surface area contributed by atoms with E-state index < -0.39 is 0 Å². The second-order valence-corrected chi connectivity index (χ2v) is 5.93. The fourth-order valence-corrected chi connectivity index (χ4v) is 3.52. The zero-order valence-corrected chi connectivity index (χ0v) is 11.7. The van der Waals surface area contributed by atoms with Crippen LogP contribution < -0.4 is 5.32 Å². The smallest absolute Gasteiger partial charge is 0.217 e. The van der Waals surface area contributed by atoms with Crippen LogP contribution >= 0.6 is 15.9 Å². The van der Waals surface area contributed by atoms with Gasteiger partial charge in [-0.15, -0.1) is 0 Å². The van der Waals surface area contributed by atoms with Crippen LogP contribution in [0.25, 0.3) is 10.8 Å². The van der Waals surface area contributed by atoms with Crippen LogP contribution in [-0.4, -0.2) is 10.7 Å². The number of carbonyl (C=O) groups excluding carboxylic acids is 1. The molecule has 3 rings (SSSR count). The highest BCUT2D eigenvalue weighted by atomic mass is 79.9. The van der Waals surface area contributed by atoms with Crippen molar-refractivity contribution in [1.29, 1.82) is 0 Å². The molecule has 1 aliphatic carbocycles. The van der Waals surface area contributed by atoms with Crippen LogP contribution in [0.4, 0.5) is 0 Å². The molecule has 2 nitrogen and oxygen atoms in total. The molecule has 0 aromatic heterocycles. The lowest BCUT2D eigenvalue weighted by atomic mass is 9.99. The van der Waals surface area contributed by atoms with Gasteiger partial charge in [0, 0.05) is 11.8 Å². The summed E-state index contributed by atoms with van der Waals surface area (Å²) in [6.07, 6.45) is 0.963. The summed E-state index contributed by atoms with van der Waals surface area (Å²) in [7, 11) is 0. The predicted octanol–water partition coefficient (Wildman–Crippen LogP) is 3.34. The van der Waals surface area contributed by atoms with E-state index >= 15 is 0 Å². The van der Waals surface area contributed by atoms with E-state index in [-0.39, 0.29) is 16.8 Å². The van der Waals surface area contributed by atoms with E-state index in [2.05, 4.69) is 51.6 Å². The van der Waals surface area contributed by atoms with E-state index in [1.807, 2.05) is 6.07 Å². The molecule has 2 aromatic rings. The Morgan fingerprint density at radius 1 is 1.28 bits per heavy atom. The summed E-state index contributed by atoms with van der Waals surface area (Å²) in [5.41, 5.74) is 2.60. The Morgan fingerprint density at radius 3 is 2.83 bits per heavy atom. The molecule has 2 atom stereocenters. The maximum Gasteiger partial charge on any atom is 0.217 e. The van der Waals surface area contributed by atoms with E-state index in [0.717, 1.165) is 6.42 Å². The average molecular weight is 304 g/mol. The lowest BCUT2D eigenvalue weighted by Crippen LogP contribution is -2.29. The normalized spacial score (nSPS) is 21.9. The molecule has 92 valence electrons. The fourth-order valence-electron chi connectivity index (χ4n) is 2.78. The van der Waals surface area contributed by atoms with Gasteiger partial charge in [0.05, 0.1) is 6.04 Å². The van der Waals surface area contributed by atoms with Crippen molar-refractivity contribution in [2.45, 2.75) is 24.2 Å². The number of fused-ring (bicyclic) bond motifs is 3. The zero-order chi connectivity index (χ0) is 12.7. The van der Waals surface area contributed by atoms with Crippen molar-refractivity contribution in [1.82, 2.24) is 5.32 Å². The number of alkyl halides is 1. The second kappa shape index (κ2) is 4.39. The van der Waals surface area contributed by atoms with Gasteiger partial charge in [-0.2, -0.15) is 0 Å². The summed E-state index contributed by atoms with van der Waals surface area (Å²) in [4.78, 5) is 11.6. The van der Waals surface area contributed by atoms with Gasteiger partial charge < -0.3 is 5.32 Å².